The zero-order valence-electron chi connectivity index (χ0n) is 11.1. The third-order valence-electron chi connectivity index (χ3n) is 2.52. The van der Waals surface area contributed by atoms with Gasteiger partial charge in [-0.3, -0.25) is 0 Å². The molecule has 2 rings (SSSR count). The molecule has 0 spiro atoms. The van der Waals surface area contributed by atoms with Crippen molar-refractivity contribution in [2.45, 2.75) is 13.2 Å². The summed E-state index contributed by atoms with van der Waals surface area (Å²) in [4.78, 5) is 8.08. The molecule has 1 aromatic heterocycles. The zero-order chi connectivity index (χ0) is 15.2. The maximum Gasteiger partial charge on any atom is 0.387 e. The molecule has 8 heteroatoms. The van der Waals surface area contributed by atoms with E-state index in [4.69, 9.17) is 9.84 Å². The normalized spacial score (nSPS) is 10.5. The molecule has 0 bridgehead atoms. The number of aliphatic hydroxyl groups excluding tert-OH is 1. The number of hydrogen-bond acceptors (Lipinski definition) is 6. The lowest BCUT2D eigenvalue weighted by atomic mass is 10.3. The summed E-state index contributed by atoms with van der Waals surface area (Å²) in [6, 6.07) is 5.89. The van der Waals surface area contributed by atoms with E-state index in [1.165, 1.54) is 25.4 Å². The van der Waals surface area contributed by atoms with E-state index in [1.807, 2.05) is 0 Å². The fourth-order valence-corrected chi connectivity index (χ4v) is 1.59. The largest absolute Gasteiger partial charge is 0.481 e. The second-order valence-corrected chi connectivity index (χ2v) is 3.91. The number of ether oxygens (including phenoxy) is 2. The lowest BCUT2D eigenvalue weighted by Gasteiger charge is -2.09. The first-order valence-corrected chi connectivity index (χ1v) is 5.95. The van der Waals surface area contributed by atoms with Crippen LogP contribution in [0.2, 0.25) is 0 Å². The standard InChI is InChI=1S/C13H13F2N3O3/c1-20-11-8(7-19)6-16-13(18-11)17-9-2-4-10(5-3-9)21-12(14)15/h2-6,12,19H,7H2,1H3,(H,16,17,18). The van der Waals surface area contributed by atoms with Crippen LogP contribution in [0.4, 0.5) is 20.4 Å². The molecule has 0 atom stereocenters. The Morgan fingerprint density at radius 2 is 2.00 bits per heavy atom. The molecule has 1 aromatic carbocycles. The Balaban J connectivity index is 2.11. The predicted molar refractivity (Wildman–Crippen MR) is 70.9 cm³/mol. The van der Waals surface area contributed by atoms with Crippen LogP contribution in [0.5, 0.6) is 11.6 Å². The fourth-order valence-electron chi connectivity index (χ4n) is 1.59. The number of benzene rings is 1. The van der Waals surface area contributed by atoms with Crippen LogP contribution >= 0.6 is 0 Å². The van der Waals surface area contributed by atoms with Gasteiger partial charge in [-0.1, -0.05) is 0 Å². The maximum atomic E-state index is 12.0. The number of nitrogens with zero attached hydrogens (tertiary/aromatic N) is 2. The minimum absolute atomic E-state index is 0.0599. The SMILES string of the molecule is COc1nc(Nc2ccc(OC(F)F)cc2)ncc1CO. The highest BCUT2D eigenvalue weighted by molar-refractivity contribution is 5.55. The fraction of sp³-hybridized carbons (Fsp3) is 0.231. The third kappa shape index (κ3) is 3.99. The van der Waals surface area contributed by atoms with Crippen molar-refractivity contribution < 1.29 is 23.4 Å². The summed E-state index contributed by atoms with van der Waals surface area (Å²) in [6.45, 7) is -3.09. The van der Waals surface area contributed by atoms with Crippen LogP contribution in [0.15, 0.2) is 30.5 Å². The van der Waals surface area contributed by atoms with Gasteiger partial charge in [0.2, 0.25) is 11.8 Å². The van der Waals surface area contributed by atoms with Gasteiger partial charge in [0.25, 0.3) is 0 Å². The number of methoxy groups -OCH3 is 1. The Labute approximate surface area is 119 Å². The summed E-state index contributed by atoms with van der Waals surface area (Å²) < 4.78 is 33.3. The van der Waals surface area contributed by atoms with E-state index in [0.29, 0.717) is 11.3 Å². The molecule has 0 unspecified atom stereocenters. The van der Waals surface area contributed by atoms with Crippen LogP contribution in [0.1, 0.15) is 5.56 Å². The average molecular weight is 297 g/mol. The van der Waals surface area contributed by atoms with E-state index in [-0.39, 0.29) is 24.2 Å². The molecule has 0 radical (unpaired) electrons. The van der Waals surface area contributed by atoms with Crippen molar-refractivity contribution in [1.29, 1.82) is 0 Å². The molecule has 2 N–H and O–H groups in total. The highest BCUT2D eigenvalue weighted by atomic mass is 19.3. The van der Waals surface area contributed by atoms with Gasteiger partial charge in [-0.15, -0.1) is 0 Å². The monoisotopic (exact) mass is 297 g/mol. The number of aromatic nitrogens is 2. The topological polar surface area (TPSA) is 76.5 Å². The first-order chi connectivity index (χ1) is 10.1. The van der Waals surface area contributed by atoms with Gasteiger partial charge in [-0.25, -0.2) is 4.98 Å². The van der Waals surface area contributed by atoms with Gasteiger partial charge in [0.1, 0.15) is 5.75 Å². The van der Waals surface area contributed by atoms with E-state index in [1.54, 1.807) is 12.1 Å². The molecule has 0 amide bonds. The van der Waals surface area contributed by atoms with E-state index >= 15 is 0 Å². The summed E-state index contributed by atoms with van der Waals surface area (Å²) in [5, 5.41) is 12.0. The van der Waals surface area contributed by atoms with Crippen molar-refractivity contribution in [1.82, 2.24) is 9.97 Å². The number of rotatable bonds is 6. The molecule has 1 heterocycles. The molecule has 112 valence electrons. The minimum Gasteiger partial charge on any atom is -0.481 e. The lowest BCUT2D eigenvalue weighted by Crippen LogP contribution is -2.03. The molecule has 6 nitrogen and oxygen atoms in total. The summed E-state index contributed by atoms with van der Waals surface area (Å²) in [5.74, 6) is 0.573. The first-order valence-electron chi connectivity index (χ1n) is 5.95. The second kappa shape index (κ2) is 6.80. The van der Waals surface area contributed by atoms with Crippen molar-refractivity contribution in [2.75, 3.05) is 12.4 Å². The van der Waals surface area contributed by atoms with Gasteiger partial charge >= 0.3 is 6.61 Å². The zero-order valence-corrected chi connectivity index (χ0v) is 11.1. The Kier molecular flexibility index (Phi) is 4.83. The van der Waals surface area contributed by atoms with Crippen LogP contribution in [0.3, 0.4) is 0 Å². The smallest absolute Gasteiger partial charge is 0.387 e. The second-order valence-electron chi connectivity index (χ2n) is 3.91. The summed E-state index contributed by atoms with van der Waals surface area (Å²) in [7, 11) is 1.43. The average Bonchev–Trinajstić information content (AvgIpc) is 2.48. The molecule has 0 aliphatic rings. The molecule has 0 aliphatic heterocycles. The summed E-state index contributed by atoms with van der Waals surface area (Å²) in [5.41, 5.74) is 1.05. The first kappa shape index (κ1) is 14.9. The molecule has 2 aromatic rings. The maximum absolute atomic E-state index is 12.0. The van der Waals surface area contributed by atoms with Gasteiger partial charge in [0, 0.05) is 11.9 Å². The van der Waals surface area contributed by atoms with E-state index in [0.717, 1.165) is 0 Å². The number of anilines is 2. The van der Waals surface area contributed by atoms with E-state index in [9.17, 15) is 8.78 Å². The van der Waals surface area contributed by atoms with Crippen LogP contribution in [-0.2, 0) is 6.61 Å². The van der Waals surface area contributed by atoms with Crippen LogP contribution in [-0.4, -0.2) is 28.8 Å². The summed E-state index contributed by atoms with van der Waals surface area (Å²) in [6.07, 6.45) is 1.43. The van der Waals surface area contributed by atoms with Crippen molar-refractivity contribution >= 4 is 11.6 Å². The number of alkyl halides is 2. The Hall–Kier alpha value is -2.48. The summed E-state index contributed by atoms with van der Waals surface area (Å²) >= 11 is 0. The van der Waals surface area contributed by atoms with Gasteiger partial charge in [0.15, 0.2) is 0 Å². The molecular weight excluding hydrogens is 284 g/mol. The molecule has 0 aliphatic carbocycles. The number of aliphatic hydroxyl groups is 1. The van der Waals surface area contributed by atoms with Gasteiger partial charge in [-0.2, -0.15) is 13.8 Å². The highest BCUT2D eigenvalue weighted by Gasteiger charge is 2.08. The Morgan fingerprint density at radius 3 is 2.57 bits per heavy atom. The van der Waals surface area contributed by atoms with Gasteiger partial charge < -0.3 is 19.9 Å². The van der Waals surface area contributed by atoms with E-state index < -0.39 is 6.61 Å². The molecule has 0 saturated carbocycles. The van der Waals surface area contributed by atoms with Crippen LogP contribution < -0.4 is 14.8 Å². The van der Waals surface area contributed by atoms with Gasteiger partial charge in [0.05, 0.1) is 19.3 Å². The van der Waals surface area contributed by atoms with Gasteiger partial charge in [-0.05, 0) is 24.3 Å². The van der Waals surface area contributed by atoms with Crippen molar-refractivity contribution in [3.05, 3.63) is 36.0 Å². The minimum atomic E-state index is -2.86. The Morgan fingerprint density at radius 1 is 1.29 bits per heavy atom. The van der Waals surface area contributed by atoms with E-state index in [2.05, 4.69) is 20.0 Å². The van der Waals surface area contributed by atoms with Crippen molar-refractivity contribution in [3.8, 4) is 11.6 Å². The van der Waals surface area contributed by atoms with Crippen LogP contribution in [0.25, 0.3) is 0 Å². The molecule has 0 saturated heterocycles. The lowest BCUT2D eigenvalue weighted by molar-refractivity contribution is -0.0498. The molecule has 21 heavy (non-hydrogen) atoms. The third-order valence-corrected chi connectivity index (χ3v) is 2.52. The Bertz CT molecular complexity index is 594. The predicted octanol–water partition coefficient (Wildman–Crippen LogP) is 2.32. The van der Waals surface area contributed by atoms with Crippen molar-refractivity contribution in [2.24, 2.45) is 0 Å². The van der Waals surface area contributed by atoms with Crippen LogP contribution in [0, 0.1) is 0 Å². The van der Waals surface area contributed by atoms with Crippen molar-refractivity contribution in [3.63, 3.8) is 0 Å². The number of halogens is 2. The highest BCUT2D eigenvalue weighted by Crippen LogP contribution is 2.21. The molecular formula is C13H13F2N3O3. The molecule has 0 fully saturated rings. The number of hydrogen-bond donors (Lipinski definition) is 2. The quantitative estimate of drug-likeness (QED) is 0.852. The number of nitrogens with one attached hydrogen (secondary N) is 1.